The van der Waals surface area contributed by atoms with Crippen molar-refractivity contribution < 1.29 is 4.79 Å². The lowest BCUT2D eigenvalue weighted by atomic mass is 10.3. The van der Waals surface area contributed by atoms with Gasteiger partial charge in [0, 0.05) is 26.2 Å². The van der Waals surface area contributed by atoms with E-state index in [1.165, 1.54) is 0 Å². The Hall–Kier alpha value is -0.610. The van der Waals surface area contributed by atoms with Gasteiger partial charge in [0.25, 0.3) is 0 Å². The number of likely N-dealkylation sites (N-methyl/N-ethyl adjacent to an activating group) is 3. The normalized spacial score (nSPS) is 11.1. The molecule has 0 atom stereocenters. The van der Waals surface area contributed by atoms with Gasteiger partial charge in [0.1, 0.15) is 0 Å². The maximum absolute atomic E-state index is 11.6. The number of amides is 1. The SMILES string of the molecule is CNCCN(C)C(=O)CN(C)C(C)C. The predicted octanol–water partition coefficient (Wildman–Crippen LogP) is 0.00440. The molecule has 0 aromatic carbocycles. The average Bonchev–Trinajstić information content (AvgIpc) is 2.13. The van der Waals surface area contributed by atoms with Crippen molar-refractivity contribution in [1.29, 1.82) is 0 Å². The standard InChI is InChI=1S/C10H23N3O/c1-9(2)13(5)8-10(14)12(4)7-6-11-3/h9,11H,6-8H2,1-5H3. The van der Waals surface area contributed by atoms with E-state index in [1.54, 1.807) is 4.90 Å². The van der Waals surface area contributed by atoms with Crippen LogP contribution in [0.25, 0.3) is 0 Å². The summed E-state index contributed by atoms with van der Waals surface area (Å²) in [5.41, 5.74) is 0. The zero-order valence-corrected chi connectivity index (χ0v) is 10.0. The molecule has 0 aromatic heterocycles. The Labute approximate surface area is 87.3 Å². The number of carbonyl (C=O) groups is 1. The lowest BCUT2D eigenvalue weighted by Crippen LogP contribution is -2.41. The van der Waals surface area contributed by atoms with E-state index in [4.69, 9.17) is 0 Å². The van der Waals surface area contributed by atoms with Crippen molar-refractivity contribution in [2.75, 3.05) is 40.8 Å². The van der Waals surface area contributed by atoms with Crippen LogP contribution in [0.1, 0.15) is 13.8 Å². The van der Waals surface area contributed by atoms with Crippen molar-refractivity contribution in [1.82, 2.24) is 15.1 Å². The second-order valence-electron chi connectivity index (χ2n) is 3.93. The molecule has 0 aliphatic carbocycles. The van der Waals surface area contributed by atoms with Crippen molar-refractivity contribution in [3.8, 4) is 0 Å². The van der Waals surface area contributed by atoms with Crippen molar-refractivity contribution >= 4 is 5.91 Å². The first-order valence-electron chi connectivity index (χ1n) is 5.07. The smallest absolute Gasteiger partial charge is 0.236 e. The van der Waals surface area contributed by atoms with Crippen LogP contribution < -0.4 is 5.32 Å². The second-order valence-corrected chi connectivity index (χ2v) is 3.93. The topological polar surface area (TPSA) is 35.6 Å². The van der Waals surface area contributed by atoms with E-state index in [0.717, 1.165) is 13.1 Å². The average molecular weight is 201 g/mol. The fourth-order valence-corrected chi connectivity index (χ4v) is 0.921. The highest BCUT2D eigenvalue weighted by molar-refractivity contribution is 5.77. The Balaban J connectivity index is 3.82. The lowest BCUT2D eigenvalue weighted by molar-refractivity contribution is -0.131. The van der Waals surface area contributed by atoms with Crippen LogP contribution in [0, 0.1) is 0 Å². The summed E-state index contributed by atoms with van der Waals surface area (Å²) in [5, 5.41) is 3.02. The van der Waals surface area contributed by atoms with Crippen molar-refractivity contribution in [2.24, 2.45) is 0 Å². The number of nitrogens with zero attached hydrogens (tertiary/aromatic N) is 2. The molecule has 84 valence electrons. The van der Waals surface area contributed by atoms with Gasteiger partial charge in [-0.3, -0.25) is 9.69 Å². The summed E-state index contributed by atoms with van der Waals surface area (Å²) in [6.45, 7) is 6.27. The maximum Gasteiger partial charge on any atom is 0.236 e. The number of hydrogen-bond donors (Lipinski definition) is 1. The summed E-state index contributed by atoms with van der Waals surface area (Å²) < 4.78 is 0. The van der Waals surface area contributed by atoms with E-state index in [2.05, 4.69) is 19.2 Å². The molecule has 14 heavy (non-hydrogen) atoms. The molecule has 0 spiro atoms. The van der Waals surface area contributed by atoms with Crippen LogP contribution in [0.5, 0.6) is 0 Å². The van der Waals surface area contributed by atoms with Crippen LogP contribution in [0.15, 0.2) is 0 Å². The van der Waals surface area contributed by atoms with Crippen molar-refractivity contribution in [2.45, 2.75) is 19.9 Å². The second kappa shape index (κ2) is 6.79. The Bertz CT molecular complexity index is 171. The van der Waals surface area contributed by atoms with Gasteiger partial charge in [0.2, 0.25) is 5.91 Å². The molecular weight excluding hydrogens is 178 g/mol. The molecule has 4 nitrogen and oxygen atoms in total. The van der Waals surface area contributed by atoms with E-state index in [-0.39, 0.29) is 5.91 Å². The minimum absolute atomic E-state index is 0.177. The monoisotopic (exact) mass is 201 g/mol. The van der Waals surface area contributed by atoms with Crippen molar-refractivity contribution in [3.05, 3.63) is 0 Å². The third kappa shape index (κ3) is 5.19. The van der Waals surface area contributed by atoms with E-state index < -0.39 is 0 Å². The lowest BCUT2D eigenvalue weighted by Gasteiger charge is -2.24. The third-order valence-electron chi connectivity index (χ3n) is 2.39. The molecule has 0 saturated heterocycles. The van der Waals surface area contributed by atoms with E-state index in [9.17, 15) is 4.79 Å². The van der Waals surface area contributed by atoms with Crippen LogP contribution in [-0.4, -0.2) is 62.5 Å². The van der Waals surface area contributed by atoms with Crippen LogP contribution >= 0.6 is 0 Å². The summed E-state index contributed by atoms with van der Waals surface area (Å²) in [7, 11) is 5.70. The largest absolute Gasteiger partial charge is 0.343 e. The third-order valence-corrected chi connectivity index (χ3v) is 2.39. The number of carbonyl (C=O) groups excluding carboxylic acids is 1. The van der Waals surface area contributed by atoms with E-state index in [1.807, 2.05) is 26.0 Å². The first kappa shape index (κ1) is 13.4. The number of hydrogen-bond acceptors (Lipinski definition) is 3. The molecule has 0 saturated carbocycles. The molecule has 1 N–H and O–H groups in total. The minimum atomic E-state index is 0.177. The van der Waals surface area contributed by atoms with E-state index >= 15 is 0 Å². The number of nitrogens with one attached hydrogen (secondary N) is 1. The molecule has 4 heteroatoms. The zero-order valence-electron chi connectivity index (χ0n) is 10.0. The van der Waals surface area contributed by atoms with E-state index in [0.29, 0.717) is 12.6 Å². The van der Waals surface area contributed by atoms with Crippen LogP contribution in [0.4, 0.5) is 0 Å². The molecule has 0 aliphatic heterocycles. The van der Waals surface area contributed by atoms with Gasteiger partial charge in [0.05, 0.1) is 6.54 Å². The first-order chi connectivity index (χ1) is 6.49. The fraction of sp³-hybridized carbons (Fsp3) is 0.900. The molecule has 0 rings (SSSR count). The van der Waals surface area contributed by atoms with Crippen LogP contribution in [0.2, 0.25) is 0 Å². The predicted molar refractivity (Wildman–Crippen MR) is 59.3 cm³/mol. The molecule has 0 fully saturated rings. The van der Waals surface area contributed by atoms with Gasteiger partial charge < -0.3 is 10.2 Å². The summed E-state index contributed by atoms with van der Waals surface area (Å²) in [5.74, 6) is 0.177. The molecule has 0 radical (unpaired) electrons. The van der Waals surface area contributed by atoms with Gasteiger partial charge in [0.15, 0.2) is 0 Å². The van der Waals surface area contributed by atoms with Crippen LogP contribution in [-0.2, 0) is 4.79 Å². The summed E-state index contributed by atoms with van der Waals surface area (Å²) in [6, 6.07) is 0.414. The van der Waals surface area contributed by atoms with Gasteiger partial charge in [-0.25, -0.2) is 0 Å². The Morgan fingerprint density at radius 3 is 2.36 bits per heavy atom. The highest BCUT2D eigenvalue weighted by atomic mass is 16.2. The Morgan fingerprint density at radius 1 is 1.36 bits per heavy atom. The molecule has 1 amide bonds. The molecule has 0 heterocycles. The highest BCUT2D eigenvalue weighted by Gasteiger charge is 2.12. The highest BCUT2D eigenvalue weighted by Crippen LogP contribution is 1.94. The zero-order chi connectivity index (χ0) is 11.1. The van der Waals surface area contributed by atoms with Gasteiger partial charge in [-0.1, -0.05) is 0 Å². The minimum Gasteiger partial charge on any atom is -0.343 e. The quantitative estimate of drug-likeness (QED) is 0.657. The van der Waals surface area contributed by atoms with Gasteiger partial charge in [-0.15, -0.1) is 0 Å². The summed E-state index contributed by atoms with van der Waals surface area (Å²) >= 11 is 0. The maximum atomic E-state index is 11.6. The number of rotatable bonds is 6. The first-order valence-corrected chi connectivity index (χ1v) is 5.07. The Morgan fingerprint density at radius 2 is 1.93 bits per heavy atom. The molecule has 0 unspecified atom stereocenters. The molecule has 0 aliphatic rings. The summed E-state index contributed by atoms with van der Waals surface area (Å²) in [4.78, 5) is 15.4. The Kier molecular flexibility index (Phi) is 6.49. The summed E-state index contributed by atoms with van der Waals surface area (Å²) in [6.07, 6.45) is 0. The molecule has 0 aromatic rings. The van der Waals surface area contributed by atoms with Gasteiger partial charge >= 0.3 is 0 Å². The molecular formula is C10H23N3O. The molecule has 0 bridgehead atoms. The van der Waals surface area contributed by atoms with Gasteiger partial charge in [-0.05, 0) is 27.9 Å². The van der Waals surface area contributed by atoms with Gasteiger partial charge in [-0.2, -0.15) is 0 Å². The fourth-order valence-electron chi connectivity index (χ4n) is 0.921. The van der Waals surface area contributed by atoms with Crippen molar-refractivity contribution in [3.63, 3.8) is 0 Å². The van der Waals surface area contributed by atoms with Crippen LogP contribution in [0.3, 0.4) is 0 Å².